The Balaban J connectivity index is 2.62. The van der Waals surface area contributed by atoms with E-state index in [0.29, 0.717) is 0 Å². The average molecular weight is 410 g/mol. The quantitative estimate of drug-likeness (QED) is 0.293. The summed E-state index contributed by atoms with van der Waals surface area (Å²) in [6, 6.07) is 5.63. The molecule has 0 unspecified atom stereocenters. The lowest BCUT2D eigenvalue weighted by Crippen LogP contribution is -2.18. The van der Waals surface area contributed by atoms with E-state index in [0.717, 1.165) is 12.5 Å². The van der Waals surface area contributed by atoms with Gasteiger partial charge in [0.25, 0.3) is 20.2 Å². The minimum Gasteiger partial charge on any atom is -0.460 e. The molecule has 0 aliphatic heterocycles. The van der Waals surface area contributed by atoms with Gasteiger partial charge < -0.3 is 9.47 Å². The van der Waals surface area contributed by atoms with Crippen LogP contribution in [0.25, 0.3) is 0 Å². The summed E-state index contributed by atoms with van der Waals surface area (Å²) < 4.78 is 61.8. The summed E-state index contributed by atoms with van der Waals surface area (Å²) in [5, 5.41) is 0. The molecule has 0 heterocycles. The van der Waals surface area contributed by atoms with E-state index in [1.165, 1.54) is 24.3 Å². The number of hydrogen-bond donors (Lipinski definition) is 0. The lowest BCUT2D eigenvalue weighted by atomic mass is 10.1. The maximum Gasteiger partial charge on any atom is 0.339 e. The summed E-state index contributed by atoms with van der Waals surface area (Å²) in [4.78, 5) is 24.0. The molecule has 0 fully saturated rings. The lowest BCUT2D eigenvalue weighted by molar-refractivity contribution is 0.0409. The van der Waals surface area contributed by atoms with E-state index in [9.17, 15) is 26.4 Å². The van der Waals surface area contributed by atoms with Crippen LogP contribution >= 0.6 is 0 Å². The maximum atomic E-state index is 12.0. The Morgan fingerprint density at radius 3 is 1.38 bits per heavy atom. The first-order valence-corrected chi connectivity index (χ1v) is 10.7. The minimum absolute atomic E-state index is 0.0964. The van der Waals surface area contributed by atoms with Crippen LogP contribution in [0.15, 0.2) is 24.3 Å². The van der Waals surface area contributed by atoms with Gasteiger partial charge in [-0.15, -0.1) is 0 Å². The van der Waals surface area contributed by atoms with Crippen LogP contribution in [0.2, 0.25) is 0 Å². The minimum atomic E-state index is -3.65. The van der Waals surface area contributed by atoms with Crippen molar-refractivity contribution in [2.24, 2.45) is 0 Å². The van der Waals surface area contributed by atoms with Gasteiger partial charge in [-0.3, -0.25) is 8.37 Å². The molecule has 146 valence electrons. The van der Waals surface area contributed by atoms with Gasteiger partial charge in [-0.2, -0.15) is 16.8 Å². The smallest absolute Gasteiger partial charge is 0.339 e. The molecule has 1 aromatic carbocycles. The van der Waals surface area contributed by atoms with Gasteiger partial charge in [-0.25, -0.2) is 9.59 Å². The van der Waals surface area contributed by atoms with Crippen molar-refractivity contribution < 1.29 is 44.3 Å². The highest BCUT2D eigenvalue weighted by Crippen LogP contribution is 2.12. The van der Waals surface area contributed by atoms with Crippen molar-refractivity contribution in [1.82, 2.24) is 0 Å². The molecule has 0 radical (unpaired) electrons. The van der Waals surface area contributed by atoms with E-state index < -0.39 is 32.2 Å². The molecule has 0 atom stereocenters. The molecule has 1 aromatic rings. The van der Waals surface area contributed by atoms with Crippen LogP contribution in [0.1, 0.15) is 20.7 Å². The molecule has 0 saturated carbocycles. The zero-order valence-corrected chi connectivity index (χ0v) is 15.7. The fourth-order valence-corrected chi connectivity index (χ4v) is 2.38. The van der Waals surface area contributed by atoms with E-state index in [-0.39, 0.29) is 37.6 Å². The maximum absolute atomic E-state index is 12.0. The molecular formula is C14H18O10S2. The Morgan fingerprint density at radius 1 is 0.731 bits per heavy atom. The lowest BCUT2D eigenvalue weighted by Gasteiger charge is -2.09. The van der Waals surface area contributed by atoms with E-state index in [4.69, 9.17) is 9.47 Å². The molecule has 26 heavy (non-hydrogen) atoms. The third-order valence-corrected chi connectivity index (χ3v) is 3.78. The summed E-state index contributed by atoms with van der Waals surface area (Å²) >= 11 is 0. The van der Waals surface area contributed by atoms with Crippen molar-refractivity contribution in [2.75, 3.05) is 38.9 Å². The third-order valence-electron chi connectivity index (χ3n) is 2.59. The SMILES string of the molecule is CS(=O)(=O)OCCOC(=O)c1ccccc1C(=O)OCCOS(C)(=O)=O. The fraction of sp³-hybridized carbons (Fsp3) is 0.429. The molecule has 0 aliphatic rings. The molecule has 0 aromatic heterocycles. The monoisotopic (exact) mass is 410 g/mol. The van der Waals surface area contributed by atoms with Crippen molar-refractivity contribution in [3.63, 3.8) is 0 Å². The van der Waals surface area contributed by atoms with Crippen LogP contribution in [0, 0.1) is 0 Å². The summed E-state index contributed by atoms with van der Waals surface area (Å²) in [5.41, 5.74) is -0.193. The van der Waals surface area contributed by atoms with Crippen molar-refractivity contribution in [2.45, 2.75) is 0 Å². The van der Waals surface area contributed by atoms with Crippen LogP contribution in [0.5, 0.6) is 0 Å². The van der Waals surface area contributed by atoms with E-state index >= 15 is 0 Å². The van der Waals surface area contributed by atoms with Crippen LogP contribution in [0.4, 0.5) is 0 Å². The van der Waals surface area contributed by atoms with Gasteiger partial charge in [0.15, 0.2) is 0 Å². The second-order valence-corrected chi connectivity index (χ2v) is 8.16. The van der Waals surface area contributed by atoms with Gasteiger partial charge >= 0.3 is 11.9 Å². The Bertz CT molecular complexity index is 771. The first kappa shape index (κ1) is 22.0. The zero-order chi connectivity index (χ0) is 19.8. The molecule has 0 saturated heterocycles. The number of ether oxygens (including phenoxy) is 2. The van der Waals surface area contributed by atoms with Crippen LogP contribution in [-0.4, -0.2) is 67.7 Å². The van der Waals surface area contributed by atoms with Gasteiger partial charge in [0.05, 0.1) is 23.6 Å². The molecule has 0 N–H and O–H groups in total. The molecule has 10 nitrogen and oxygen atoms in total. The van der Waals surface area contributed by atoms with Crippen LogP contribution < -0.4 is 0 Å². The van der Waals surface area contributed by atoms with Crippen molar-refractivity contribution in [3.8, 4) is 0 Å². The summed E-state index contributed by atoms with van der Waals surface area (Å²) in [5.74, 6) is -1.75. The van der Waals surface area contributed by atoms with Crippen molar-refractivity contribution in [1.29, 1.82) is 0 Å². The van der Waals surface area contributed by atoms with Gasteiger partial charge in [-0.1, -0.05) is 12.1 Å². The molecule has 12 heteroatoms. The second kappa shape index (κ2) is 9.62. The largest absolute Gasteiger partial charge is 0.460 e. The summed E-state index contributed by atoms with van der Waals surface area (Å²) in [7, 11) is -7.30. The van der Waals surface area contributed by atoms with E-state index in [1.807, 2.05) is 0 Å². The van der Waals surface area contributed by atoms with Crippen LogP contribution in [-0.2, 0) is 38.1 Å². The molecule has 0 amide bonds. The van der Waals surface area contributed by atoms with Crippen LogP contribution in [0.3, 0.4) is 0 Å². The highest BCUT2D eigenvalue weighted by molar-refractivity contribution is 7.86. The highest BCUT2D eigenvalue weighted by atomic mass is 32.2. The third kappa shape index (κ3) is 8.89. The van der Waals surface area contributed by atoms with E-state index in [2.05, 4.69) is 8.37 Å². The first-order valence-electron chi connectivity index (χ1n) is 7.12. The normalized spacial score (nSPS) is 11.8. The summed E-state index contributed by atoms with van der Waals surface area (Å²) in [6.07, 6.45) is 1.71. The Hall–Kier alpha value is -2.02. The molecule has 1 rings (SSSR count). The number of benzene rings is 1. The number of carbonyl (C=O) groups excluding carboxylic acids is 2. The van der Waals surface area contributed by atoms with E-state index in [1.54, 1.807) is 0 Å². The first-order chi connectivity index (χ1) is 12.0. The van der Waals surface area contributed by atoms with Gasteiger partial charge in [0.1, 0.15) is 26.4 Å². The number of hydrogen-bond acceptors (Lipinski definition) is 10. The Labute approximate surface area is 151 Å². The standard InChI is InChI=1S/C14H18O10S2/c1-25(17,18)23-9-7-21-13(15)11-5-3-4-6-12(11)14(16)22-8-10-24-26(2,19)20/h3-6H,7-10H2,1-2H3. The topological polar surface area (TPSA) is 139 Å². The Morgan fingerprint density at radius 2 is 1.08 bits per heavy atom. The highest BCUT2D eigenvalue weighted by Gasteiger charge is 2.19. The van der Waals surface area contributed by atoms with Gasteiger partial charge in [0, 0.05) is 0 Å². The fourth-order valence-electron chi connectivity index (χ4n) is 1.63. The second-order valence-electron chi connectivity index (χ2n) is 4.87. The molecule has 0 spiro atoms. The Kier molecular flexibility index (Phi) is 8.14. The number of rotatable bonds is 10. The predicted octanol–water partition coefficient (Wildman–Crippen LogP) is -0.0474. The van der Waals surface area contributed by atoms with Crippen molar-refractivity contribution in [3.05, 3.63) is 35.4 Å². The molecular weight excluding hydrogens is 392 g/mol. The van der Waals surface area contributed by atoms with Crippen molar-refractivity contribution >= 4 is 32.2 Å². The predicted molar refractivity (Wildman–Crippen MR) is 88.6 cm³/mol. The van der Waals surface area contributed by atoms with Gasteiger partial charge in [0.2, 0.25) is 0 Å². The molecule has 0 aliphatic carbocycles. The average Bonchev–Trinajstić information content (AvgIpc) is 2.53. The number of carbonyl (C=O) groups is 2. The number of esters is 2. The zero-order valence-electron chi connectivity index (χ0n) is 14.0. The summed E-state index contributed by atoms with van der Waals surface area (Å²) in [6.45, 7) is -1.39. The van der Waals surface area contributed by atoms with Gasteiger partial charge in [-0.05, 0) is 12.1 Å². The molecule has 0 bridgehead atoms.